The fourth-order valence-corrected chi connectivity index (χ4v) is 2.44. The smallest absolute Gasteiger partial charge is 0.451 e. The van der Waals surface area contributed by atoms with Crippen LogP contribution in [0.25, 0.3) is 6.15 Å². The Bertz CT molecular complexity index is 442. The van der Waals surface area contributed by atoms with Crippen molar-refractivity contribution < 1.29 is 52.7 Å². The summed E-state index contributed by atoms with van der Waals surface area (Å²) in [5.41, 5.74) is 8.53. The van der Waals surface area contributed by atoms with E-state index in [-0.39, 0.29) is 44.4 Å². The van der Waals surface area contributed by atoms with E-state index in [1.54, 1.807) is 0 Å². The first-order valence-corrected chi connectivity index (χ1v) is 7.51. The molecule has 2 rings (SSSR count). The van der Waals surface area contributed by atoms with Crippen molar-refractivity contribution in [2.24, 2.45) is 5.73 Å². The maximum Gasteiger partial charge on any atom is 0.451 e. The van der Waals surface area contributed by atoms with Crippen LogP contribution in [0.5, 0.6) is 0 Å². The summed E-state index contributed by atoms with van der Waals surface area (Å²) in [7, 11) is -1.18. The first kappa shape index (κ1) is 25.9. The minimum atomic E-state index is -1.18. The standard InChI is InChI=1S/C15H22BNO2.CHO2.H2N.Y/c17-15(10-4-11-15)14-8-6-13(7-9-14)5-2-1-3-12-16(18)19;2-1-3;;/h2,6,8-9,18-19H,1,3-5,10-12,17H2;(H,2,3);1H2;/q-2;2*-1;. The Labute approximate surface area is 169 Å². The molecule has 1 aliphatic rings. The van der Waals surface area contributed by atoms with Gasteiger partial charge in [-0.3, -0.25) is 0 Å². The van der Waals surface area contributed by atoms with Crippen molar-refractivity contribution in [3.63, 3.8) is 0 Å². The summed E-state index contributed by atoms with van der Waals surface area (Å²) in [5, 5.41) is 24.2. The summed E-state index contributed by atoms with van der Waals surface area (Å²) in [5.74, 6) is 0. The van der Waals surface area contributed by atoms with Crippen LogP contribution in [-0.2, 0) is 49.5 Å². The van der Waals surface area contributed by atoms with Crippen LogP contribution in [0.15, 0.2) is 18.2 Å². The molecule has 0 bridgehead atoms. The summed E-state index contributed by atoms with van der Waals surface area (Å²) < 4.78 is 0. The molecule has 6 nitrogen and oxygen atoms in total. The average Bonchev–Trinajstić information content (AvgIpc) is 2.46. The Morgan fingerprint density at radius 1 is 1.38 bits per heavy atom. The Morgan fingerprint density at radius 2 is 2.00 bits per heavy atom. The van der Waals surface area contributed by atoms with Gasteiger partial charge in [-0.15, -0.1) is 5.56 Å². The van der Waals surface area contributed by atoms with E-state index in [0.29, 0.717) is 12.8 Å². The van der Waals surface area contributed by atoms with E-state index < -0.39 is 7.12 Å². The van der Waals surface area contributed by atoms with E-state index in [4.69, 9.17) is 25.7 Å². The molecule has 1 aliphatic carbocycles. The maximum atomic E-state index is 8.73. The topological polar surface area (TPSA) is 137 Å². The van der Waals surface area contributed by atoms with Crippen LogP contribution in [-0.4, -0.2) is 28.7 Å². The van der Waals surface area contributed by atoms with Gasteiger partial charge in [-0.25, -0.2) is 0 Å². The Balaban J connectivity index is 0. The molecular weight excluding hydrogens is 384 g/mol. The molecule has 0 amide bonds. The molecule has 1 aromatic carbocycles. The van der Waals surface area contributed by atoms with E-state index in [1.165, 1.54) is 12.0 Å². The Morgan fingerprint density at radius 3 is 2.42 bits per heavy atom. The molecule has 0 aromatic heterocycles. The van der Waals surface area contributed by atoms with Crippen molar-refractivity contribution in [2.75, 3.05) is 0 Å². The van der Waals surface area contributed by atoms with Gasteiger partial charge in [0.25, 0.3) is 0 Å². The van der Waals surface area contributed by atoms with Crippen molar-refractivity contribution in [3.05, 3.63) is 48.0 Å². The van der Waals surface area contributed by atoms with Gasteiger partial charge in [0.1, 0.15) is 0 Å². The van der Waals surface area contributed by atoms with Crippen LogP contribution in [0.3, 0.4) is 0 Å². The van der Waals surface area contributed by atoms with Crippen molar-refractivity contribution in [2.45, 2.75) is 50.4 Å². The molecule has 7 N–H and O–H groups in total. The molecule has 0 saturated heterocycles. The second kappa shape index (κ2) is 13.9. The molecule has 0 spiro atoms. The van der Waals surface area contributed by atoms with Gasteiger partial charge in [-0.05, 0) is 24.7 Å². The summed E-state index contributed by atoms with van der Waals surface area (Å²) in [6, 6.07) is 9.55. The van der Waals surface area contributed by atoms with Gasteiger partial charge < -0.3 is 38.3 Å². The van der Waals surface area contributed by atoms with Gasteiger partial charge in [-0.2, -0.15) is 42.7 Å². The number of benzene rings is 1. The second-order valence-electron chi connectivity index (χ2n) is 5.61. The zero-order valence-electron chi connectivity index (χ0n) is 13.8. The SMILES string of the molecule is NC1(c2c[c-]c(C[CH-]CCCB(O)O)cc2)CCC1.O=[C-]O.[NH2-].[Y]. The summed E-state index contributed by atoms with van der Waals surface area (Å²) in [6.07, 6.45) is 8.56. The van der Waals surface area contributed by atoms with E-state index >= 15 is 0 Å². The Hall–Kier alpha value is -0.301. The molecule has 24 heavy (non-hydrogen) atoms. The third-order valence-electron chi connectivity index (χ3n) is 3.93. The molecule has 1 saturated carbocycles. The zero-order chi connectivity index (χ0) is 16.4. The van der Waals surface area contributed by atoms with E-state index in [1.807, 2.05) is 6.07 Å². The van der Waals surface area contributed by atoms with Crippen LogP contribution in [0.1, 0.15) is 43.2 Å². The van der Waals surface area contributed by atoms with Gasteiger partial charge in [0.15, 0.2) is 0 Å². The van der Waals surface area contributed by atoms with E-state index in [9.17, 15) is 0 Å². The number of rotatable bonds is 7. The van der Waals surface area contributed by atoms with Gasteiger partial charge >= 0.3 is 7.12 Å². The molecule has 0 unspecified atom stereocenters. The quantitative estimate of drug-likeness (QED) is 0.311. The van der Waals surface area contributed by atoms with Crippen molar-refractivity contribution in [1.82, 2.24) is 0 Å². The largest absolute Gasteiger partial charge is 0.693 e. The van der Waals surface area contributed by atoms with Crippen molar-refractivity contribution in [3.8, 4) is 0 Å². The summed E-state index contributed by atoms with van der Waals surface area (Å²) in [6.45, 7) is 0.500. The van der Waals surface area contributed by atoms with Crippen LogP contribution < -0.4 is 5.73 Å². The van der Waals surface area contributed by atoms with Crippen molar-refractivity contribution in [1.29, 1.82) is 0 Å². The Kier molecular flexibility index (Phi) is 15.1. The average molecular weight is 409 g/mol. The minimum absolute atomic E-state index is 0. The number of hydrogen-bond donors (Lipinski definition) is 4. The number of hydrogen-bond acceptors (Lipinski definition) is 4. The molecule has 8 heteroatoms. The first-order valence-electron chi connectivity index (χ1n) is 7.51. The molecule has 0 atom stereocenters. The summed E-state index contributed by atoms with van der Waals surface area (Å²) in [4.78, 5) is 8.24. The predicted molar refractivity (Wildman–Crippen MR) is 90.8 cm³/mol. The fourth-order valence-electron chi connectivity index (χ4n) is 2.44. The molecular formula is C16H25BN2O4Y-4. The van der Waals surface area contributed by atoms with Crippen LogP contribution in [0.4, 0.5) is 0 Å². The molecule has 133 valence electrons. The minimum Gasteiger partial charge on any atom is -0.693 e. The third-order valence-corrected chi connectivity index (χ3v) is 3.93. The van der Waals surface area contributed by atoms with Crippen LogP contribution in [0.2, 0.25) is 6.32 Å². The molecule has 1 aromatic rings. The molecule has 0 heterocycles. The number of unbranched alkanes of at least 4 members (excludes halogenated alkanes) is 2. The second-order valence-corrected chi connectivity index (χ2v) is 5.61. The van der Waals surface area contributed by atoms with Crippen LogP contribution in [0, 0.1) is 12.5 Å². The predicted octanol–water partition coefficient (Wildman–Crippen LogP) is 2.15. The maximum absolute atomic E-state index is 8.73. The van der Waals surface area contributed by atoms with E-state index in [2.05, 4.69) is 24.6 Å². The monoisotopic (exact) mass is 409 g/mol. The fraction of sp³-hybridized carbons (Fsp3) is 0.500. The summed E-state index contributed by atoms with van der Waals surface area (Å²) >= 11 is 0. The first-order chi connectivity index (χ1) is 10.5. The number of nitrogens with two attached hydrogens (primary N) is 2. The van der Waals surface area contributed by atoms with Gasteiger partial charge in [0, 0.05) is 32.7 Å². The van der Waals surface area contributed by atoms with Crippen molar-refractivity contribution >= 4 is 13.6 Å². The third kappa shape index (κ3) is 9.25. The van der Waals surface area contributed by atoms with Gasteiger partial charge in [-0.1, -0.05) is 19.3 Å². The number of aliphatic hydroxyl groups excluding tert-OH is 1. The van der Waals surface area contributed by atoms with Gasteiger partial charge in [0.05, 0.1) is 0 Å². The molecule has 0 aliphatic heterocycles. The zero-order valence-corrected chi connectivity index (χ0v) is 16.7. The van der Waals surface area contributed by atoms with Gasteiger partial charge in [0.2, 0.25) is 0 Å². The molecule has 1 fully saturated rings. The van der Waals surface area contributed by atoms with Crippen LogP contribution >= 0.6 is 0 Å². The van der Waals surface area contributed by atoms with E-state index in [0.717, 1.165) is 37.7 Å². The normalized spacial score (nSPS) is 14.0. The molecule has 1 radical (unpaired) electrons.